The third-order valence-corrected chi connectivity index (χ3v) is 3.33. The Balaban J connectivity index is 2.39. The van der Waals surface area contributed by atoms with Crippen LogP contribution in [0.25, 0.3) is 11.1 Å². The lowest BCUT2D eigenvalue weighted by atomic mass is 9.99. The molecule has 0 unspecified atom stereocenters. The van der Waals surface area contributed by atoms with Gasteiger partial charge in [0.2, 0.25) is 0 Å². The maximum absolute atomic E-state index is 13.4. The molecule has 0 heterocycles. The lowest BCUT2D eigenvalue weighted by Gasteiger charge is -2.13. The number of hydrogen-bond acceptors (Lipinski definition) is 3. The Morgan fingerprint density at radius 3 is 2.27 bits per heavy atom. The Morgan fingerprint density at radius 2 is 1.77 bits per heavy atom. The molecule has 0 aliphatic heterocycles. The second-order valence-electron chi connectivity index (χ2n) is 4.65. The minimum Gasteiger partial charge on any atom is -0.477 e. The van der Waals surface area contributed by atoms with Crippen molar-refractivity contribution in [3.8, 4) is 11.1 Å². The number of carboxylic acids is 1. The summed E-state index contributed by atoms with van der Waals surface area (Å²) in [6.45, 7) is 0. The first-order valence-corrected chi connectivity index (χ1v) is 6.44. The first-order valence-electron chi connectivity index (χ1n) is 6.44. The van der Waals surface area contributed by atoms with Gasteiger partial charge in [-0.05, 0) is 17.2 Å². The maximum atomic E-state index is 13.4. The summed E-state index contributed by atoms with van der Waals surface area (Å²) >= 11 is 0. The van der Waals surface area contributed by atoms with Gasteiger partial charge in [-0.1, -0.05) is 36.4 Å². The van der Waals surface area contributed by atoms with Gasteiger partial charge in [-0.3, -0.25) is 0 Å². The van der Waals surface area contributed by atoms with Crippen molar-refractivity contribution in [1.29, 1.82) is 5.41 Å². The van der Waals surface area contributed by atoms with Gasteiger partial charge in [-0.15, -0.1) is 0 Å². The number of rotatable bonds is 5. The fraction of sp³-hybridized carbons (Fsp3) is 0.125. The van der Waals surface area contributed by atoms with Gasteiger partial charge in [0.05, 0.1) is 0 Å². The van der Waals surface area contributed by atoms with Crippen molar-refractivity contribution in [1.82, 2.24) is 0 Å². The molecular formula is C16H14F2N2O2. The molecule has 2 rings (SSSR count). The van der Waals surface area contributed by atoms with Crippen molar-refractivity contribution < 1.29 is 18.7 Å². The van der Waals surface area contributed by atoms with E-state index in [1.54, 1.807) is 25.2 Å². The van der Waals surface area contributed by atoms with Crippen LogP contribution < -0.4 is 5.32 Å². The Labute approximate surface area is 125 Å². The van der Waals surface area contributed by atoms with Crippen LogP contribution >= 0.6 is 0 Å². The number of anilines is 1. The molecule has 0 saturated carbocycles. The topological polar surface area (TPSA) is 73.2 Å². The summed E-state index contributed by atoms with van der Waals surface area (Å²) in [6, 6.07) is 10.4. The minimum absolute atomic E-state index is 0.561. The molecule has 3 N–H and O–H groups in total. The Hall–Kier alpha value is -2.76. The van der Waals surface area contributed by atoms with E-state index in [9.17, 15) is 13.6 Å². The quantitative estimate of drug-likeness (QED) is 0.739. The zero-order chi connectivity index (χ0) is 16.3. The summed E-state index contributed by atoms with van der Waals surface area (Å²) in [5.41, 5.74) is 2.35. The van der Waals surface area contributed by atoms with Gasteiger partial charge in [0.15, 0.2) is 0 Å². The summed E-state index contributed by atoms with van der Waals surface area (Å²) in [5.74, 6) is -6.08. The molecule has 0 aromatic heterocycles. The fourth-order valence-corrected chi connectivity index (χ4v) is 2.07. The van der Waals surface area contributed by atoms with Gasteiger partial charge in [0.1, 0.15) is 0 Å². The number of hydrogen-bond donors (Lipinski definition) is 3. The minimum atomic E-state index is -3.90. The molecule has 0 bridgehead atoms. The highest BCUT2D eigenvalue weighted by atomic mass is 19.3. The van der Waals surface area contributed by atoms with E-state index in [-0.39, 0.29) is 0 Å². The Kier molecular flexibility index (Phi) is 4.21. The van der Waals surface area contributed by atoms with E-state index in [1.165, 1.54) is 18.3 Å². The SMILES string of the molecule is CNc1cc(-c2ccc(C(F)(F)C(=O)O)cc2)ccc1C=N. The van der Waals surface area contributed by atoms with Gasteiger partial charge in [0.25, 0.3) is 0 Å². The molecule has 0 aliphatic rings. The number of alkyl halides is 2. The summed E-state index contributed by atoms with van der Waals surface area (Å²) < 4.78 is 26.8. The molecule has 0 amide bonds. The van der Waals surface area contributed by atoms with Gasteiger partial charge in [-0.25, -0.2) is 4.79 Å². The number of halogens is 2. The van der Waals surface area contributed by atoms with Crippen molar-refractivity contribution >= 4 is 17.9 Å². The van der Waals surface area contributed by atoms with Crippen LogP contribution in [-0.2, 0) is 10.7 Å². The first kappa shape index (κ1) is 15.6. The summed E-state index contributed by atoms with van der Waals surface area (Å²) in [4.78, 5) is 10.6. The molecule has 22 heavy (non-hydrogen) atoms. The molecule has 0 spiro atoms. The van der Waals surface area contributed by atoms with E-state index in [0.717, 1.165) is 23.4 Å². The van der Waals surface area contributed by atoms with Crippen molar-refractivity contribution in [3.63, 3.8) is 0 Å². The number of carbonyl (C=O) groups is 1. The summed E-state index contributed by atoms with van der Waals surface area (Å²) in [6.07, 6.45) is 1.21. The van der Waals surface area contributed by atoms with Crippen molar-refractivity contribution in [3.05, 3.63) is 53.6 Å². The van der Waals surface area contributed by atoms with Crippen LogP contribution in [0.4, 0.5) is 14.5 Å². The van der Waals surface area contributed by atoms with E-state index >= 15 is 0 Å². The molecular weight excluding hydrogens is 290 g/mol. The number of aliphatic carboxylic acids is 1. The van der Waals surface area contributed by atoms with Gasteiger partial charge in [0, 0.05) is 30.1 Å². The monoisotopic (exact) mass is 304 g/mol. The predicted octanol–water partition coefficient (Wildman–Crippen LogP) is 3.57. The van der Waals surface area contributed by atoms with Gasteiger partial charge in [-0.2, -0.15) is 8.78 Å². The molecule has 0 aliphatic carbocycles. The average molecular weight is 304 g/mol. The van der Waals surface area contributed by atoms with Crippen LogP contribution in [-0.4, -0.2) is 24.3 Å². The second kappa shape index (κ2) is 5.93. The predicted molar refractivity (Wildman–Crippen MR) is 80.8 cm³/mol. The van der Waals surface area contributed by atoms with Crippen LogP contribution in [0, 0.1) is 5.41 Å². The molecule has 114 valence electrons. The molecule has 0 fully saturated rings. The lowest BCUT2D eigenvalue weighted by Crippen LogP contribution is -2.25. The average Bonchev–Trinajstić information content (AvgIpc) is 2.54. The van der Waals surface area contributed by atoms with Gasteiger partial charge < -0.3 is 15.8 Å². The number of nitrogens with one attached hydrogen (secondary N) is 2. The van der Waals surface area contributed by atoms with E-state index < -0.39 is 17.5 Å². The Morgan fingerprint density at radius 1 is 1.18 bits per heavy atom. The fourth-order valence-electron chi connectivity index (χ4n) is 2.07. The largest absolute Gasteiger partial charge is 0.477 e. The van der Waals surface area contributed by atoms with E-state index in [2.05, 4.69) is 5.32 Å². The van der Waals surface area contributed by atoms with Crippen LogP contribution in [0.15, 0.2) is 42.5 Å². The maximum Gasteiger partial charge on any atom is 0.379 e. The normalized spacial score (nSPS) is 11.0. The van der Waals surface area contributed by atoms with E-state index in [1.807, 2.05) is 0 Å². The standard InChI is InChI=1S/C16H14F2N2O2/c1-20-14-8-11(2-3-12(14)9-19)10-4-6-13(7-5-10)16(17,18)15(21)22/h2-9,19-20H,1H3,(H,21,22). The van der Waals surface area contributed by atoms with Gasteiger partial charge >= 0.3 is 11.9 Å². The third kappa shape index (κ3) is 2.81. The molecule has 0 radical (unpaired) electrons. The summed E-state index contributed by atoms with van der Waals surface area (Å²) in [7, 11) is 1.72. The zero-order valence-corrected chi connectivity index (χ0v) is 11.7. The third-order valence-electron chi connectivity index (χ3n) is 3.33. The zero-order valence-electron chi connectivity index (χ0n) is 11.7. The molecule has 2 aromatic carbocycles. The van der Waals surface area contributed by atoms with Crippen LogP contribution in [0.3, 0.4) is 0 Å². The Bertz CT molecular complexity index is 713. The number of carboxylic acid groups (broad SMARTS) is 1. The smallest absolute Gasteiger partial charge is 0.379 e. The second-order valence-corrected chi connectivity index (χ2v) is 4.65. The highest BCUT2D eigenvalue weighted by molar-refractivity contribution is 5.88. The van der Waals surface area contributed by atoms with E-state index in [4.69, 9.17) is 10.5 Å². The van der Waals surface area contributed by atoms with Crippen LogP contribution in [0.1, 0.15) is 11.1 Å². The molecule has 4 nitrogen and oxygen atoms in total. The highest BCUT2D eigenvalue weighted by Crippen LogP contribution is 2.31. The molecule has 2 aromatic rings. The number of benzene rings is 2. The van der Waals surface area contributed by atoms with E-state index in [0.29, 0.717) is 11.1 Å². The first-order chi connectivity index (χ1) is 10.4. The van der Waals surface area contributed by atoms with Crippen molar-refractivity contribution in [2.75, 3.05) is 12.4 Å². The molecule has 0 atom stereocenters. The van der Waals surface area contributed by atoms with Crippen LogP contribution in [0.5, 0.6) is 0 Å². The highest BCUT2D eigenvalue weighted by Gasteiger charge is 2.40. The van der Waals surface area contributed by atoms with Crippen LogP contribution in [0.2, 0.25) is 0 Å². The molecule has 0 saturated heterocycles. The summed E-state index contributed by atoms with van der Waals surface area (Å²) in [5, 5.41) is 18.8. The molecule has 6 heteroatoms. The van der Waals surface area contributed by atoms with Crippen molar-refractivity contribution in [2.24, 2.45) is 0 Å². The van der Waals surface area contributed by atoms with Crippen molar-refractivity contribution in [2.45, 2.75) is 5.92 Å². The lowest BCUT2D eigenvalue weighted by molar-refractivity contribution is -0.166.